The van der Waals surface area contributed by atoms with Crippen LogP contribution in [-0.2, 0) is 0 Å². The normalized spacial score (nSPS) is 10.9. The van der Waals surface area contributed by atoms with Crippen molar-refractivity contribution in [3.8, 4) is 11.3 Å². The number of benzene rings is 2. The number of rotatable bonds is 3. The van der Waals surface area contributed by atoms with Gasteiger partial charge in [-0.1, -0.05) is 24.3 Å². The number of amides is 1. The third-order valence-corrected chi connectivity index (χ3v) is 3.64. The van der Waals surface area contributed by atoms with Crippen LogP contribution in [0.5, 0.6) is 0 Å². The summed E-state index contributed by atoms with van der Waals surface area (Å²) in [6.07, 6.45) is 1.52. The van der Waals surface area contributed by atoms with Gasteiger partial charge in [0, 0.05) is 0 Å². The van der Waals surface area contributed by atoms with Gasteiger partial charge in [-0.2, -0.15) is 0 Å². The number of hydrogen-bond acceptors (Lipinski definition) is 3. The molecule has 0 spiro atoms. The number of aromatic nitrogens is 2. The molecule has 4 aromatic rings. The van der Waals surface area contributed by atoms with Crippen LogP contribution in [0.2, 0.25) is 0 Å². The molecule has 0 aliphatic carbocycles. The Labute approximate surface area is 136 Å². The summed E-state index contributed by atoms with van der Waals surface area (Å²) in [4.78, 5) is 16.5. The van der Waals surface area contributed by atoms with Crippen LogP contribution in [0.1, 0.15) is 10.6 Å². The molecule has 1 N–H and O–H groups in total. The highest BCUT2D eigenvalue weighted by molar-refractivity contribution is 5.98. The standard InChI is InChI=1S/C18H12FN3O2/c19-13-6-2-1-5-12(13)16-9-10-17(24-16)18(23)21-22-11-20-14-7-3-4-8-15(14)22/h1-11H,(H,21,23). The zero-order chi connectivity index (χ0) is 16.5. The van der Waals surface area contributed by atoms with Crippen LogP contribution in [0.3, 0.4) is 0 Å². The van der Waals surface area contributed by atoms with Crippen molar-refractivity contribution in [1.82, 2.24) is 9.66 Å². The fraction of sp³-hybridized carbons (Fsp3) is 0. The first-order valence-corrected chi connectivity index (χ1v) is 7.30. The van der Waals surface area contributed by atoms with Crippen molar-refractivity contribution in [2.45, 2.75) is 0 Å². The lowest BCUT2D eigenvalue weighted by molar-refractivity contribution is 0.0983. The summed E-state index contributed by atoms with van der Waals surface area (Å²) < 4.78 is 20.8. The van der Waals surface area contributed by atoms with E-state index in [1.54, 1.807) is 24.3 Å². The topological polar surface area (TPSA) is 60.1 Å². The van der Waals surface area contributed by atoms with E-state index in [0.717, 1.165) is 11.0 Å². The summed E-state index contributed by atoms with van der Waals surface area (Å²) in [5.41, 5.74) is 4.54. The molecule has 0 aliphatic rings. The molecule has 2 aromatic heterocycles. The number of imidazole rings is 1. The Hall–Kier alpha value is -3.41. The van der Waals surface area contributed by atoms with Crippen molar-refractivity contribution in [3.05, 3.63) is 78.6 Å². The van der Waals surface area contributed by atoms with Crippen LogP contribution in [0.25, 0.3) is 22.4 Å². The number of para-hydroxylation sites is 2. The molecule has 0 fully saturated rings. The molecule has 0 radical (unpaired) electrons. The Morgan fingerprint density at radius 1 is 1.04 bits per heavy atom. The van der Waals surface area contributed by atoms with E-state index >= 15 is 0 Å². The molecule has 0 saturated carbocycles. The Balaban J connectivity index is 1.61. The van der Waals surface area contributed by atoms with E-state index in [0.29, 0.717) is 11.3 Å². The number of carbonyl (C=O) groups is 1. The Morgan fingerprint density at radius 2 is 1.83 bits per heavy atom. The van der Waals surface area contributed by atoms with Gasteiger partial charge >= 0.3 is 5.91 Å². The highest BCUT2D eigenvalue weighted by Crippen LogP contribution is 2.24. The second-order valence-corrected chi connectivity index (χ2v) is 5.19. The third kappa shape index (κ3) is 2.44. The van der Waals surface area contributed by atoms with Gasteiger partial charge in [-0.25, -0.2) is 14.1 Å². The number of nitrogens with one attached hydrogen (secondary N) is 1. The molecule has 6 heteroatoms. The van der Waals surface area contributed by atoms with Gasteiger partial charge in [-0.3, -0.25) is 10.2 Å². The number of hydrogen-bond donors (Lipinski definition) is 1. The predicted octanol–water partition coefficient (Wildman–Crippen LogP) is 3.82. The monoisotopic (exact) mass is 321 g/mol. The summed E-state index contributed by atoms with van der Waals surface area (Å²) in [5, 5.41) is 0. The van der Waals surface area contributed by atoms with E-state index in [2.05, 4.69) is 10.4 Å². The second-order valence-electron chi connectivity index (χ2n) is 5.19. The average Bonchev–Trinajstić information content (AvgIpc) is 3.23. The highest BCUT2D eigenvalue weighted by atomic mass is 19.1. The van der Waals surface area contributed by atoms with Crippen LogP contribution in [0.15, 0.2) is 71.4 Å². The Bertz CT molecular complexity index is 1040. The molecule has 4 rings (SSSR count). The minimum atomic E-state index is -0.444. The molecular weight excluding hydrogens is 309 g/mol. The molecule has 0 bridgehead atoms. The molecule has 2 heterocycles. The van der Waals surface area contributed by atoms with Gasteiger partial charge < -0.3 is 4.42 Å². The van der Waals surface area contributed by atoms with Crippen molar-refractivity contribution in [2.24, 2.45) is 0 Å². The first kappa shape index (κ1) is 14.2. The van der Waals surface area contributed by atoms with Crippen LogP contribution >= 0.6 is 0 Å². The smallest absolute Gasteiger partial charge is 0.305 e. The van der Waals surface area contributed by atoms with Gasteiger partial charge in [0.25, 0.3) is 0 Å². The fourth-order valence-corrected chi connectivity index (χ4v) is 2.48. The van der Waals surface area contributed by atoms with Gasteiger partial charge in [0.05, 0.1) is 16.6 Å². The average molecular weight is 321 g/mol. The van der Waals surface area contributed by atoms with Crippen molar-refractivity contribution in [2.75, 3.05) is 5.43 Å². The number of fused-ring (bicyclic) bond motifs is 1. The molecule has 0 atom stereocenters. The maximum atomic E-state index is 13.8. The maximum Gasteiger partial charge on any atom is 0.305 e. The molecule has 1 amide bonds. The number of nitrogens with zero attached hydrogens (tertiary/aromatic N) is 2. The molecule has 0 aliphatic heterocycles. The third-order valence-electron chi connectivity index (χ3n) is 3.64. The van der Waals surface area contributed by atoms with E-state index in [4.69, 9.17) is 4.42 Å². The van der Waals surface area contributed by atoms with Crippen molar-refractivity contribution in [3.63, 3.8) is 0 Å². The number of halogens is 1. The van der Waals surface area contributed by atoms with E-state index in [9.17, 15) is 9.18 Å². The fourth-order valence-electron chi connectivity index (χ4n) is 2.48. The second kappa shape index (κ2) is 5.66. The Morgan fingerprint density at radius 3 is 2.71 bits per heavy atom. The highest BCUT2D eigenvalue weighted by Gasteiger charge is 2.15. The van der Waals surface area contributed by atoms with Crippen LogP contribution < -0.4 is 5.43 Å². The molecule has 0 unspecified atom stereocenters. The van der Waals surface area contributed by atoms with E-state index in [1.807, 2.05) is 24.3 Å². The summed E-state index contributed by atoms with van der Waals surface area (Å²) >= 11 is 0. The first-order chi connectivity index (χ1) is 11.7. The Kier molecular flexibility index (Phi) is 3.35. The lowest BCUT2D eigenvalue weighted by atomic mass is 10.1. The SMILES string of the molecule is O=C(Nn1cnc2ccccc21)c1ccc(-c2ccccc2F)o1. The quantitative estimate of drug-likeness (QED) is 0.624. The zero-order valence-electron chi connectivity index (χ0n) is 12.4. The summed E-state index contributed by atoms with van der Waals surface area (Å²) in [5.74, 6) is -0.458. The van der Waals surface area contributed by atoms with Gasteiger partial charge in [0.2, 0.25) is 0 Å². The summed E-state index contributed by atoms with van der Waals surface area (Å²) in [6.45, 7) is 0. The van der Waals surface area contributed by atoms with Crippen molar-refractivity contribution in [1.29, 1.82) is 0 Å². The first-order valence-electron chi connectivity index (χ1n) is 7.30. The van der Waals surface area contributed by atoms with E-state index < -0.39 is 11.7 Å². The van der Waals surface area contributed by atoms with Crippen molar-refractivity contribution < 1.29 is 13.6 Å². The van der Waals surface area contributed by atoms with Crippen LogP contribution in [0, 0.1) is 5.82 Å². The maximum absolute atomic E-state index is 13.8. The van der Waals surface area contributed by atoms with Gasteiger partial charge in [-0.05, 0) is 36.4 Å². The van der Waals surface area contributed by atoms with E-state index in [1.165, 1.54) is 23.1 Å². The molecular formula is C18H12FN3O2. The number of carbonyl (C=O) groups excluding carboxylic acids is 1. The van der Waals surface area contributed by atoms with Gasteiger partial charge in [0.1, 0.15) is 17.9 Å². The minimum Gasteiger partial charge on any atom is -0.451 e. The van der Waals surface area contributed by atoms with Gasteiger partial charge in [-0.15, -0.1) is 0 Å². The molecule has 2 aromatic carbocycles. The van der Waals surface area contributed by atoms with Crippen LogP contribution in [0.4, 0.5) is 4.39 Å². The molecule has 118 valence electrons. The summed E-state index contributed by atoms with van der Waals surface area (Å²) in [6, 6.07) is 16.7. The molecule has 24 heavy (non-hydrogen) atoms. The molecule has 0 saturated heterocycles. The minimum absolute atomic E-state index is 0.0889. The van der Waals surface area contributed by atoms with E-state index in [-0.39, 0.29) is 5.76 Å². The predicted molar refractivity (Wildman–Crippen MR) is 87.5 cm³/mol. The van der Waals surface area contributed by atoms with Gasteiger partial charge in [0.15, 0.2) is 5.76 Å². The lowest BCUT2D eigenvalue weighted by Gasteiger charge is -2.05. The molecule has 5 nitrogen and oxygen atoms in total. The number of furan rings is 1. The summed E-state index contributed by atoms with van der Waals surface area (Å²) in [7, 11) is 0. The van der Waals surface area contributed by atoms with Crippen LogP contribution in [-0.4, -0.2) is 15.6 Å². The largest absolute Gasteiger partial charge is 0.451 e. The lowest BCUT2D eigenvalue weighted by Crippen LogP contribution is -2.21. The zero-order valence-corrected chi connectivity index (χ0v) is 12.4. The van der Waals surface area contributed by atoms with Crippen molar-refractivity contribution >= 4 is 16.9 Å².